The van der Waals surface area contributed by atoms with E-state index in [0.29, 0.717) is 42.9 Å². The van der Waals surface area contributed by atoms with Crippen molar-refractivity contribution >= 4 is 18.2 Å². The first-order chi connectivity index (χ1) is 18.1. The maximum absolute atomic E-state index is 13.6. The molecule has 3 rings (SSSR count). The first kappa shape index (κ1) is 29.9. The Bertz CT molecular complexity index is 903. The molecule has 1 aromatic carbocycles. The molecule has 3 N–H and O–H groups in total. The molecule has 0 radical (unpaired) electrons. The third-order valence-corrected chi connectivity index (χ3v) is 7.95. The van der Waals surface area contributed by atoms with Crippen LogP contribution in [0, 0.1) is 17.3 Å². The number of piperidine rings is 1. The zero-order valence-electron chi connectivity index (χ0n) is 23.4. The van der Waals surface area contributed by atoms with Crippen LogP contribution >= 0.6 is 0 Å². The van der Waals surface area contributed by atoms with Gasteiger partial charge >= 0.3 is 0 Å². The third-order valence-electron chi connectivity index (χ3n) is 7.95. The number of likely N-dealkylation sites (tertiary alicyclic amines) is 1. The first-order valence-corrected chi connectivity index (χ1v) is 14.0. The number of hydrogen-bond acceptors (Lipinski definition) is 6. The van der Waals surface area contributed by atoms with Crippen molar-refractivity contribution in [2.75, 3.05) is 26.7 Å². The van der Waals surface area contributed by atoms with Gasteiger partial charge in [0.05, 0.1) is 19.6 Å². The van der Waals surface area contributed by atoms with Crippen LogP contribution in [-0.2, 0) is 20.9 Å². The molecule has 2 aliphatic rings. The van der Waals surface area contributed by atoms with E-state index in [-0.39, 0.29) is 18.4 Å². The quantitative estimate of drug-likeness (QED) is 0.217. The highest BCUT2D eigenvalue weighted by Gasteiger charge is 2.38. The Hall–Kier alpha value is -2.65. The number of benzene rings is 1. The van der Waals surface area contributed by atoms with E-state index in [0.717, 1.165) is 50.8 Å². The van der Waals surface area contributed by atoms with Crippen molar-refractivity contribution in [2.45, 2.75) is 84.3 Å². The summed E-state index contributed by atoms with van der Waals surface area (Å²) in [6.45, 7) is 7.81. The number of carbonyl (C=O) groups excluding carboxylic acids is 3. The number of carbonyl (C=O) groups is 3. The topological polar surface area (TPSA) is 111 Å². The fourth-order valence-corrected chi connectivity index (χ4v) is 5.58. The Morgan fingerprint density at radius 2 is 1.76 bits per heavy atom. The van der Waals surface area contributed by atoms with E-state index in [2.05, 4.69) is 10.6 Å². The van der Waals surface area contributed by atoms with Crippen molar-refractivity contribution in [1.29, 1.82) is 0 Å². The van der Waals surface area contributed by atoms with Crippen molar-refractivity contribution in [3.05, 3.63) is 29.8 Å². The molecule has 2 atom stereocenters. The molecule has 3 amide bonds. The molecule has 1 aliphatic heterocycles. The van der Waals surface area contributed by atoms with E-state index in [1.165, 1.54) is 5.56 Å². The number of hydrogen-bond donors (Lipinski definition) is 3. The molecule has 1 heterocycles. The minimum Gasteiger partial charge on any atom is -0.497 e. The number of hydroxylamine groups is 2. The van der Waals surface area contributed by atoms with Gasteiger partial charge in [-0.05, 0) is 48.3 Å². The van der Waals surface area contributed by atoms with E-state index in [4.69, 9.17) is 4.74 Å². The lowest BCUT2D eigenvalue weighted by Crippen LogP contribution is -2.58. The minimum absolute atomic E-state index is 0.0673. The molecule has 0 spiro atoms. The van der Waals surface area contributed by atoms with Gasteiger partial charge in [0.25, 0.3) is 0 Å². The van der Waals surface area contributed by atoms with Crippen LogP contribution in [0.3, 0.4) is 0 Å². The second-order valence-corrected chi connectivity index (χ2v) is 11.9. The summed E-state index contributed by atoms with van der Waals surface area (Å²) in [5.41, 5.74) is 0.695. The lowest BCUT2D eigenvalue weighted by molar-refractivity contribution is -0.156. The van der Waals surface area contributed by atoms with Gasteiger partial charge in [-0.15, -0.1) is 0 Å². The van der Waals surface area contributed by atoms with Gasteiger partial charge < -0.3 is 20.3 Å². The van der Waals surface area contributed by atoms with E-state index < -0.39 is 17.4 Å². The predicted molar refractivity (Wildman–Crippen MR) is 145 cm³/mol. The SMILES string of the molecule is COc1ccc(CNC2CCN(C(=O)[C@H](NC(=O)[C@@H](CC3CCCC3)CN(O)C=O)C(C)(C)C)CC2)cc1. The fraction of sp³-hybridized carbons (Fsp3) is 0.690. The van der Waals surface area contributed by atoms with Gasteiger partial charge in [0.1, 0.15) is 11.8 Å². The molecule has 9 nitrogen and oxygen atoms in total. The second kappa shape index (κ2) is 13.9. The Kier molecular flexibility index (Phi) is 11.0. The number of nitrogens with one attached hydrogen (secondary N) is 2. The summed E-state index contributed by atoms with van der Waals surface area (Å²) in [6, 6.07) is 7.63. The summed E-state index contributed by atoms with van der Waals surface area (Å²) in [5.74, 6) is 0.332. The summed E-state index contributed by atoms with van der Waals surface area (Å²) in [6.07, 6.45) is 7.01. The molecule has 9 heteroatoms. The molecule has 212 valence electrons. The maximum Gasteiger partial charge on any atom is 0.245 e. The van der Waals surface area contributed by atoms with Gasteiger partial charge in [0.2, 0.25) is 18.2 Å². The van der Waals surface area contributed by atoms with Crippen LogP contribution in [0.4, 0.5) is 0 Å². The Labute approximate surface area is 227 Å². The lowest BCUT2D eigenvalue weighted by Gasteiger charge is -2.39. The lowest BCUT2D eigenvalue weighted by atomic mass is 9.84. The average molecular weight is 531 g/mol. The van der Waals surface area contributed by atoms with Crippen LogP contribution < -0.4 is 15.4 Å². The highest BCUT2D eigenvalue weighted by atomic mass is 16.5. The standard InChI is InChI=1S/C29H46N4O5/c1-29(2,3)26(31-27(35)23(19-33(37)20-34)17-21-7-5-6-8-21)28(36)32-15-13-24(14-16-32)30-18-22-9-11-25(38-4)12-10-22/h9-12,20-21,23-24,26,30,37H,5-8,13-19H2,1-4H3,(H,31,35)/t23-,26-/m0/s1. The minimum atomic E-state index is -0.687. The molecule has 1 saturated heterocycles. The molecular formula is C29H46N4O5. The predicted octanol–water partition coefficient (Wildman–Crippen LogP) is 3.35. The Balaban J connectivity index is 1.56. The van der Waals surface area contributed by atoms with Crippen molar-refractivity contribution in [3.63, 3.8) is 0 Å². The number of methoxy groups -OCH3 is 1. The summed E-state index contributed by atoms with van der Waals surface area (Å²) >= 11 is 0. The van der Waals surface area contributed by atoms with Crippen LogP contribution in [0.5, 0.6) is 5.75 Å². The monoisotopic (exact) mass is 530 g/mol. The zero-order chi connectivity index (χ0) is 27.7. The number of rotatable bonds is 12. The zero-order valence-corrected chi connectivity index (χ0v) is 23.4. The van der Waals surface area contributed by atoms with E-state index in [9.17, 15) is 19.6 Å². The second-order valence-electron chi connectivity index (χ2n) is 11.9. The molecule has 38 heavy (non-hydrogen) atoms. The molecule has 1 saturated carbocycles. The van der Waals surface area contributed by atoms with Crippen molar-refractivity contribution in [3.8, 4) is 5.75 Å². The summed E-state index contributed by atoms with van der Waals surface area (Å²) in [7, 11) is 1.66. The van der Waals surface area contributed by atoms with Gasteiger partial charge in [-0.1, -0.05) is 58.6 Å². The van der Waals surface area contributed by atoms with Crippen LogP contribution in [0.15, 0.2) is 24.3 Å². The van der Waals surface area contributed by atoms with Crippen molar-refractivity contribution < 1.29 is 24.3 Å². The highest BCUT2D eigenvalue weighted by molar-refractivity contribution is 5.89. The van der Waals surface area contributed by atoms with Crippen LogP contribution in [0.2, 0.25) is 0 Å². The van der Waals surface area contributed by atoms with Gasteiger partial charge in [0.15, 0.2) is 0 Å². The number of amides is 3. The maximum atomic E-state index is 13.6. The molecule has 1 aromatic rings. The molecule has 0 aromatic heterocycles. The summed E-state index contributed by atoms with van der Waals surface area (Å²) < 4.78 is 5.22. The van der Waals surface area contributed by atoms with Gasteiger partial charge in [-0.25, -0.2) is 5.06 Å². The van der Waals surface area contributed by atoms with Gasteiger partial charge in [-0.3, -0.25) is 19.6 Å². The highest BCUT2D eigenvalue weighted by Crippen LogP contribution is 2.31. The third kappa shape index (κ3) is 8.70. The van der Waals surface area contributed by atoms with E-state index in [1.807, 2.05) is 49.9 Å². The van der Waals surface area contributed by atoms with E-state index in [1.54, 1.807) is 7.11 Å². The van der Waals surface area contributed by atoms with E-state index >= 15 is 0 Å². The number of ether oxygens (including phenoxy) is 1. The van der Waals surface area contributed by atoms with Gasteiger partial charge in [-0.2, -0.15) is 0 Å². The largest absolute Gasteiger partial charge is 0.497 e. The van der Waals surface area contributed by atoms with Crippen LogP contribution in [-0.4, -0.2) is 72.2 Å². The normalized spacial score (nSPS) is 18.6. The average Bonchev–Trinajstić information content (AvgIpc) is 3.42. The molecule has 0 bridgehead atoms. The summed E-state index contributed by atoms with van der Waals surface area (Å²) in [4.78, 5) is 39.9. The first-order valence-electron chi connectivity index (χ1n) is 14.0. The van der Waals surface area contributed by atoms with Gasteiger partial charge in [0, 0.05) is 25.7 Å². The molecule has 2 fully saturated rings. The molecular weight excluding hydrogens is 484 g/mol. The molecule has 1 aliphatic carbocycles. The van der Waals surface area contributed by atoms with Crippen molar-refractivity contribution in [1.82, 2.24) is 20.6 Å². The Morgan fingerprint density at radius 1 is 1.13 bits per heavy atom. The Morgan fingerprint density at radius 3 is 2.32 bits per heavy atom. The fourth-order valence-electron chi connectivity index (χ4n) is 5.58. The van der Waals surface area contributed by atoms with Crippen molar-refractivity contribution in [2.24, 2.45) is 17.3 Å². The smallest absolute Gasteiger partial charge is 0.245 e. The van der Waals surface area contributed by atoms with Crippen LogP contribution in [0.25, 0.3) is 0 Å². The summed E-state index contributed by atoms with van der Waals surface area (Å²) in [5, 5.41) is 17.0. The molecule has 0 unspecified atom stereocenters. The van der Waals surface area contributed by atoms with Crippen LogP contribution in [0.1, 0.15) is 71.3 Å². The number of nitrogens with zero attached hydrogens (tertiary/aromatic N) is 2.